The summed E-state index contributed by atoms with van der Waals surface area (Å²) in [6.45, 7) is -4.99. The van der Waals surface area contributed by atoms with Gasteiger partial charge < -0.3 is 42.3 Å². The summed E-state index contributed by atoms with van der Waals surface area (Å²) < 4.78 is 130. The average Bonchev–Trinajstić information content (AvgIpc) is 3.04. The molecule has 14 nitrogen and oxygen atoms in total. The number of benzene rings is 2. The topological polar surface area (TPSA) is 186 Å². The average molecular weight is 966 g/mol. The molecule has 2 heterocycles. The summed E-state index contributed by atoms with van der Waals surface area (Å²) in [6.07, 6.45) is -6.07. The first-order chi connectivity index (χ1) is 25.7. The normalized spacial score (nSPS) is 33.4. The van der Waals surface area contributed by atoms with E-state index in [0.717, 1.165) is 31.7 Å². The van der Waals surface area contributed by atoms with Gasteiger partial charge in [0, 0.05) is 23.1 Å². The van der Waals surface area contributed by atoms with Crippen LogP contribution < -0.4 is 112 Å². The minimum atomic E-state index is -5.48. The zero-order chi connectivity index (χ0) is 41.3. The fourth-order valence-electron chi connectivity index (χ4n) is 7.86. The van der Waals surface area contributed by atoms with E-state index in [0.29, 0.717) is 31.6 Å². The number of ether oxygens (including phenoxy) is 2. The molecular weight excluding hydrogens is 936 g/mol. The van der Waals surface area contributed by atoms with E-state index in [-0.39, 0.29) is 122 Å². The van der Waals surface area contributed by atoms with Crippen molar-refractivity contribution in [2.45, 2.75) is 66.5 Å². The molecule has 6 fully saturated rings. The molecule has 4 bridgehead atoms. The smallest absolute Gasteiger partial charge is 0.780 e. The third-order valence-corrected chi connectivity index (χ3v) is 12.1. The molecule has 0 amide bonds. The van der Waals surface area contributed by atoms with E-state index in [1.54, 1.807) is 0 Å². The summed E-state index contributed by atoms with van der Waals surface area (Å²) in [7, 11) is -9.35. The Morgan fingerprint density at radius 2 is 1.33 bits per heavy atom. The molecule has 0 N–H and O–H groups in total. The van der Waals surface area contributed by atoms with E-state index in [9.17, 15) is 50.2 Å². The van der Waals surface area contributed by atoms with Crippen molar-refractivity contribution in [2.24, 2.45) is 17.8 Å². The first kappa shape index (κ1) is 52.2. The van der Waals surface area contributed by atoms with Gasteiger partial charge in [-0.1, -0.05) is 35.3 Å². The number of halogens is 9. The van der Waals surface area contributed by atoms with Gasteiger partial charge in [0.2, 0.25) is 0 Å². The second kappa shape index (κ2) is 19.6. The van der Waals surface area contributed by atoms with Crippen LogP contribution in [0.4, 0.5) is 26.3 Å². The van der Waals surface area contributed by atoms with Gasteiger partial charge in [0.15, 0.2) is 5.60 Å². The van der Waals surface area contributed by atoms with E-state index in [1.807, 2.05) is 0 Å². The molecule has 2 aromatic carbocycles. The second-order valence-corrected chi connectivity index (χ2v) is 17.5. The van der Waals surface area contributed by atoms with Gasteiger partial charge in [-0.25, -0.2) is 9.78 Å². The van der Waals surface area contributed by atoms with Crippen LogP contribution in [-0.4, -0.2) is 49.7 Å². The maximum atomic E-state index is 13.2. The molecule has 28 heteroatoms. The fourth-order valence-corrected chi connectivity index (χ4v) is 9.73. The summed E-state index contributed by atoms with van der Waals surface area (Å²) in [5.74, 6) is -5.33. The predicted molar refractivity (Wildman–Crippen MR) is 168 cm³/mol. The van der Waals surface area contributed by atoms with E-state index in [4.69, 9.17) is 50.7 Å². The fraction of sp³-hybridized carbons (Fsp3) is 0.600. The van der Waals surface area contributed by atoms with Gasteiger partial charge in [-0.2, -0.15) is 36.1 Å². The molecule has 4 aliphatic carbocycles. The molecule has 308 valence electrons. The first-order valence-electron chi connectivity index (χ1n) is 16.4. The standard InChI is InChI=1S/C19H20Cl2F3O7P.C11H11ClF3O7P.3Na/c20-14-2-1-11(5-15(14)29-32(25,26)27)19(28-9-17(22,23)24)18(30-31-19)12-3-10-4-13(18)8-16(21,6-10)7-12;1-18-23(16,17)21-9-4-7(2-3-8(9)12)10(5-20-22-10)19-6-11(13,14)15;;;/h1-2,5,10,12-13H,3-4,6-9H2,(H2,25,26,27);2-4H,5-6H2,1H3,(H,16,17);;;/q;;3*+1/p-3/i;5T;;;. The zero-order valence-corrected chi connectivity index (χ0v) is 40.8. The molecule has 2 aromatic rings. The SMILES string of the molecule is O=P([O-])([O-])Oc1cc(C2(OCC(F)(F)F)OOC23C2CC4CC3CC(Cl)(C4)C2)ccc1Cl.[3H]C1OOC1(OCC(F)(F)F)c1ccc(Cl)c(OP(=O)([O-])OC)c1.[Na+].[Na+].[Na+]. The Morgan fingerprint density at radius 3 is 1.76 bits per heavy atom. The van der Waals surface area contributed by atoms with Gasteiger partial charge in [-0.05, 0) is 74.1 Å². The molecule has 1 spiro atoms. The monoisotopic (exact) mass is 964 g/mol. The largest absolute Gasteiger partial charge is 1.00 e. The minimum Gasteiger partial charge on any atom is -0.780 e. The van der Waals surface area contributed by atoms with E-state index >= 15 is 0 Å². The molecular formula is C30H28Cl3F6Na3O14P2. The van der Waals surface area contributed by atoms with Crippen molar-refractivity contribution in [2.75, 3.05) is 26.9 Å². The summed E-state index contributed by atoms with van der Waals surface area (Å²) >= 11 is 18.5. The Kier molecular flexibility index (Phi) is 17.6. The molecule has 58 heavy (non-hydrogen) atoms. The Morgan fingerprint density at radius 1 is 0.810 bits per heavy atom. The van der Waals surface area contributed by atoms with Crippen LogP contribution in [0, 0.1) is 17.8 Å². The van der Waals surface area contributed by atoms with Gasteiger partial charge in [-0.15, -0.1) is 11.6 Å². The van der Waals surface area contributed by atoms with Crippen LogP contribution in [0.2, 0.25) is 10.0 Å². The molecule has 0 radical (unpaired) electrons. The van der Waals surface area contributed by atoms with E-state index in [1.165, 1.54) is 18.2 Å². The van der Waals surface area contributed by atoms with E-state index in [2.05, 4.69) is 28.1 Å². The molecule has 6 aliphatic rings. The number of alkyl halides is 7. The Hall–Kier alpha value is 1.55. The Labute approximate surface area is 409 Å². The van der Waals surface area contributed by atoms with Crippen molar-refractivity contribution in [3.63, 3.8) is 0 Å². The predicted octanol–water partition coefficient (Wildman–Crippen LogP) is -2.66. The first-order valence-corrected chi connectivity index (χ1v) is 19.9. The van der Waals surface area contributed by atoms with Crippen LogP contribution in [0.3, 0.4) is 0 Å². The van der Waals surface area contributed by atoms with Gasteiger partial charge in [0.05, 0.1) is 11.4 Å². The molecule has 2 saturated heterocycles. The zero-order valence-electron chi connectivity index (χ0n) is 31.7. The third-order valence-electron chi connectivity index (χ3n) is 9.69. The maximum absolute atomic E-state index is 13.2. The van der Waals surface area contributed by atoms with Crippen LogP contribution in [0.5, 0.6) is 11.5 Å². The number of rotatable bonds is 11. The van der Waals surface area contributed by atoms with Gasteiger partial charge >= 0.3 is 109 Å². The van der Waals surface area contributed by atoms with Crippen molar-refractivity contribution in [1.82, 2.24) is 0 Å². The number of hydrogen-bond acceptors (Lipinski definition) is 14. The van der Waals surface area contributed by atoms with Crippen LogP contribution >= 0.6 is 50.4 Å². The van der Waals surface area contributed by atoms with Crippen LogP contribution in [-0.2, 0) is 54.3 Å². The van der Waals surface area contributed by atoms with Crippen molar-refractivity contribution in [1.29, 1.82) is 0 Å². The summed E-state index contributed by atoms with van der Waals surface area (Å²) in [4.78, 5) is 53.0. The van der Waals surface area contributed by atoms with Crippen molar-refractivity contribution in [3.8, 4) is 11.5 Å². The Bertz CT molecular complexity index is 1910. The molecule has 8 rings (SSSR count). The van der Waals surface area contributed by atoms with Crippen molar-refractivity contribution >= 4 is 50.4 Å². The Balaban J connectivity index is 0.000000312. The molecule has 6 unspecified atom stereocenters. The molecule has 6 atom stereocenters. The number of phosphoric ester groups is 2. The molecule has 4 saturated carbocycles. The van der Waals surface area contributed by atoms with Crippen molar-refractivity contribution in [3.05, 3.63) is 57.6 Å². The van der Waals surface area contributed by atoms with E-state index < -0.39 is 81.3 Å². The van der Waals surface area contributed by atoms with Crippen LogP contribution in [0.15, 0.2) is 36.4 Å². The number of hydrogen-bond donors (Lipinski definition) is 0. The third kappa shape index (κ3) is 11.7. The van der Waals surface area contributed by atoms with Crippen LogP contribution in [0.25, 0.3) is 0 Å². The summed E-state index contributed by atoms with van der Waals surface area (Å²) in [5, 5.41) is -0.384. The van der Waals surface area contributed by atoms with Gasteiger partial charge in [0.25, 0.3) is 11.6 Å². The van der Waals surface area contributed by atoms with Gasteiger partial charge in [0.1, 0.15) is 39.1 Å². The summed E-state index contributed by atoms with van der Waals surface area (Å²) in [5.41, 5.74) is -1.40. The minimum absolute atomic E-state index is 0. The molecule has 0 aromatic heterocycles. The maximum Gasteiger partial charge on any atom is 1.00 e. The summed E-state index contributed by atoms with van der Waals surface area (Å²) in [6, 6.07) is 6.86. The number of phosphoric acid groups is 2. The van der Waals surface area contributed by atoms with Gasteiger partial charge in [-0.3, -0.25) is 4.57 Å². The van der Waals surface area contributed by atoms with Crippen molar-refractivity contribution < 1.29 is 183 Å². The quantitative estimate of drug-likeness (QED) is 0.0747. The molecule has 2 aliphatic heterocycles. The van der Waals surface area contributed by atoms with Crippen LogP contribution in [0.1, 0.15) is 44.6 Å². The second-order valence-electron chi connectivity index (χ2n) is 13.4.